The van der Waals surface area contributed by atoms with Gasteiger partial charge in [0.05, 0.1) is 12.7 Å². The summed E-state index contributed by atoms with van der Waals surface area (Å²) in [5.41, 5.74) is 1.12. The maximum Gasteiger partial charge on any atom is 0.208 e. The minimum Gasteiger partial charge on any atom is -0.508 e. The van der Waals surface area contributed by atoms with Crippen molar-refractivity contribution in [2.75, 3.05) is 0 Å². The van der Waals surface area contributed by atoms with E-state index in [-0.39, 0.29) is 11.8 Å². The third-order valence-electron chi connectivity index (χ3n) is 2.62. The molecule has 2 rings (SSSR count). The molecule has 0 aliphatic carbocycles. The fourth-order valence-electron chi connectivity index (χ4n) is 1.60. The van der Waals surface area contributed by atoms with E-state index >= 15 is 0 Å². The van der Waals surface area contributed by atoms with Gasteiger partial charge in [-0.1, -0.05) is 12.1 Å². The number of hydrogen-bond donors (Lipinski definition) is 2. The highest BCUT2D eigenvalue weighted by Gasteiger charge is 2.06. The third-order valence-corrected chi connectivity index (χ3v) is 2.62. The van der Waals surface area contributed by atoms with Gasteiger partial charge in [0.25, 0.3) is 0 Å². The molecule has 1 heterocycles. The molecule has 0 aliphatic rings. The SMILES string of the molecule is Cc1cnc(CNC(C)c2ccc(O)cc2)o1. The summed E-state index contributed by atoms with van der Waals surface area (Å²) in [4.78, 5) is 4.13. The van der Waals surface area contributed by atoms with Crippen molar-refractivity contribution < 1.29 is 9.52 Å². The van der Waals surface area contributed by atoms with Gasteiger partial charge in [0.2, 0.25) is 5.89 Å². The van der Waals surface area contributed by atoms with E-state index in [0.717, 1.165) is 11.3 Å². The molecule has 0 saturated heterocycles. The lowest BCUT2D eigenvalue weighted by atomic mass is 10.1. The largest absolute Gasteiger partial charge is 0.508 e. The van der Waals surface area contributed by atoms with Crippen LogP contribution in [-0.4, -0.2) is 10.1 Å². The van der Waals surface area contributed by atoms with Crippen LogP contribution in [0.1, 0.15) is 30.2 Å². The molecule has 90 valence electrons. The van der Waals surface area contributed by atoms with Crippen LogP contribution in [0.25, 0.3) is 0 Å². The molecule has 0 fully saturated rings. The zero-order valence-corrected chi connectivity index (χ0v) is 9.97. The van der Waals surface area contributed by atoms with Gasteiger partial charge in [-0.2, -0.15) is 0 Å². The summed E-state index contributed by atoms with van der Waals surface area (Å²) in [7, 11) is 0. The summed E-state index contributed by atoms with van der Waals surface area (Å²) in [6.45, 7) is 4.53. The zero-order valence-electron chi connectivity index (χ0n) is 9.97. The first-order valence-electron chi connectivity index (χ1n) is 5.59. The molecular formula is C13H16N2O2. The average Bonchev–Trinajstić information content (AvgIpc) is 2.73. The number of oxazole rings is 1. The summed E-state index contributed by atoms with van der Waals surface area (Å²) in [6, 6.07) is 7.34. The minimum absolute atomic E-state index is 0.183. The van der Waals surface area contributed by atoms with Crippen molar-refractivity contribution in [3.8, 4) is 5.75 Å². The van der Waals surface area contributed by atoms with Crippen LogP contribution in [0.15, 0.2) is 34.9 Å². The molecule has 2 aromatic rings. The van der Waals surface area contributed by atoms with Gasteiger partial charge < -0.3 is 14.8 Å². The van der Waals surface area contributed by atoms with Gasteiger partial charge in [0.15, 0.2) is 0 Å². The molecule has 17 heavy (non-hydrogen) atoms. The fraction of sp³-hybridized carbons (Fsp3) is 0.308. The molecule has 2 N–H and O–H groups in total. The van der Waals surface area contributed by atoms with Gasteiger partial charge in [-0.05, 0) is 31.5 Å². The van der Waals surface area contributed by atoms with Crippen molar-refractivity contribution in [3.05, 3.63) is 47.7 Å². The predicted molar refractivity (Wildman–Crippen MR) is 64.6 cm³/mol. The van der Waals surface area contributed by atoms with Gasteiger partial charge in [-0.25, -0.2) is 4.98 Å². The summed E-state index contributed by atoms with van der Waals surface area (Å²) in [5.74, 6) is 1.79. The van der Waals surface area contributed by atoms with Crippen molar-refractivity contribution in [1.82, 2.24) is 10.3 Å². The van der Waals surface area contributed by atoms with Crippen LogP contribution >= 0.6 is 0 Å². The number of nitrogens with one attached hydrogen (secondary N) is 1. The van der Waals surface area contributed by atoms with Crippen LogP contribution < -0.4 is 5.32 Å². The second-order valence-corrected chi connectivity index (χ2v) is 4.06. The van der Waals surface area contributed by atoms with Crippen LogP contribution in [0.2, 0.25) is 0 Å². The minimum atomic E-state index is 0.183. The molecule has 4 nitrogen and oxygen atoms in total. The lowest BCUT2D eigenvalue weighted by Crippen LogP contribution is -2.18. The Bertz CT molecular complexity index is 476. The van der Waals surface area contributed by atoms with Gasteiger partial charge in [-0.15, -0.1) is 0 Å². The van der Waals surface area contributed by atoms with Gasteiger partial charge in [0, 0.05) is 6.04 Å². The Morgan fingerprint density at radius 2 is 2.06 bits per heavy atom. The van der Waals surface area contributed by atoms with E-state index in [1.165, 1.54) is 0 Å². The van der Waals surface area contributed by atoms with Crippen molar-refractivity contribution >= 4 is 0 Å². The Morgan fingerprint density at radius 1 is 1.35 bits per heavy atom. The maximum atomic E-state index is 9.20. The molecule has 1 aromatic heterocycles. The molecule has 1 atom stereocenters. The molecule has 1 aromatic carbocycles. The number of rotatable bonds is 4. The lowest BCUT2D eigenvalue weighted by molar-refractivity contribution is 0.431. The number of aryl methyl sites for hydroxylation is 1. The van der Waals surface area contributed by atoms with E-state index < -0.39 is 0 Å². The first-order valence-corrected chi connectivity index (χ1v) is 5.59. The Hall–Kier alpha value is -1.81. The highest BCUT2D eigenvalue weighted by molar-refractivity contribution is 5.27. The number of nitrogens with zero attached hydrogens (tertiary/aromatic N) is 1. The van der Waals surface area contributed by atoms with E-state index in [2.05, 4.69) is 17.2 Å². The quantitative estimate of drug-likeness (QED) is 0.850. The molecular weight excluding hydrogens is 216 g/mol. The summed E-state index contributed by atoms with van der Waals surface area (Å²) < 4.78 is 5.38. The van der Waals surface area contributed by atoms with Gasteiger partial charge in [0.1, 0.15) is 11.5 Å². The van der Waals surface area contributed by atoms with Gasteiger partial charge in [-0.3, -0.25) is 0 Å². The molecule has 1 unspecified atom stereocenters. The first kappa shape index (κ1) is 11.7. The molecule has 0 saturated carbocycles. The Labute approximate surface area is 100 Å². The monoisotopic (exact) mass is 232 g/mol. The molecule has 4 heteroatoms. The van der Waals surface area contributed by atoms with E-state index in [4.69, 9.17) is 4.42 Å². The number of aromatic hydroxyl groups is 1. The van der Waals surface area contributed by atoms with Crippen molar-refractivity contribution in [2.24, 2.45) is 0 Å². The molecule has 0 spiro atoms. The highest BCUT2D eigenvalue weighted by atomic mass is 16.4. The van der Waals surface area contributed by atoms with Crippen molar-refractivity contribution in [3.63, 3.8) is 0 Å². The molecule has 0 aliphatic heterocycles. The van der Waals surface area contributed by atoms with Crippen LogP contribution in [0, 0.1) is 6.92 Å². The Balaban J connectivity index is 1.93. The number of hydrogen-bond acceptors (Lipinski definition) is 4. The van der Waals surface area contributed by atoms with E-state index in [0.29, 0.717) is 12.4 Å². The molecule has 0 amide bonds. The topological polar surface area (TPSA) is 58.3 Å². The zero-order chi connectivity index (χ0) is 12.3. The standard InChI is InChI=1S/C13H16N2O2/c1-9-7-15-13(17-9)8-14-10(2)11-3-5-12(16)6-4-11/h3-7,10,14,16H,8H2,1-2H3. The van der Waals surface area contributed by atoms with Crippen molar-refractivity contribution in [1.29, 1.82) is 0 Å². The average molecular weight is 232 g/mol. The van der Waals surface area contributed by atoms with Crippen LogP contribution in [0.5, 0.6) is 5.75 Å². The maximum absolute atomic E-state index is 9.20. The fourth-order valence-corrected chi connectivity index (χ4v) is 1.60. The summed E-state index contributed by atoms with van der Waals surface area (Å²) in [5, 5.41) is 12.5. The van der Waals surface area contributed by atoms with E-state index in [1.54, 1.807) is 18.3 Å². The summed E-state index contributed by atoms with van der Waals surface area (Å²) >= 11 is 0. The van der Waals surface area contributed by atoms with Crippen LogP contribution in [0.4, 0.5) is 0 Å². The number of phenolic OH excluding ortho intramolecular Hbond substituents is 1. The first-order chi connectivity index (χ1) is 8.15. The normalized spacial score (nSPS) is 12.6. The molecule has 0 bridgehead atoms. The number of benzene rings is 1. The van der Waals surface area contributed by atoms with Crippen molar-refractivity contribution in [2.45, 2.75) is 26.4 Å². The second-order valence-electron chi connectivity index (χ2n) is 4.06. The van der Waals surface area contributed by atoms with Crippen LogP contribution in [-0.2, 0) is 6.54 Å². The third kappa shape index (κ3) is 3.07. The predicted octanol–water partition coefficient (Wildman–Crippen LogP) is 2.54. The number of aromatic nitrogens is 1. The Kier molecular flexibility index (Phi) is 3.44. The van der Waals surface area contributed by atoms with E-state index in [1.807, 2.05) is 19.1 Å². The second kappa shape index (κ2) is 5.01. The van der Waals surface area contributed by atoms with Crippen LogP contribution in [0.3, 0.4) is 0 Å². The Morgan fingerprint density at radius 3 is 2.65 bits per heavy atom. The summed E-state index contributed by atoms with van der Waals surface area (Å²) in [6.07, 6.45) is 1.71. The number of phenols is 1. The smallest absolute Gasteiger partial charge is 0.208 e. The molecule has 0 radical (unpaired) electrons. The van der Waals surface area contributed by atoms with E-state index in [9.17, 15) is 5.11 Å². The highest BCUT2D eigenvalue weighted by Crippen LogP contribution is 2.16. The lowest BCUT2D eigenvalue weighted by Gasteiger charge is -2.12. The van der Waals surface area contributed by atoms with Gasteiger partial charge >= 0.3 is 0 Å².